The average molecular weight is 461 g/mol. The summed E-state index contributed by atoms with van der Waals surface area (Å²) >= 11 is 1.17. The number of nitrogens with two attached hydrogens (primary N) is 1. The van der Waals surface area contributed by atoms with Crippen LogP contribution < -0.4 is 15.8 Å². The monoisotopic (exact) mass is 460 g/mol. The molecule has 1 atom stereocenters. The minimum Gasteiger partial charge on any atom is -0.477 e. The number of hydrogen-bond acceptors (Lipinski definition) is 9. The van der Waals surface area contributed by atoms with Gasteiger partial charge in [-0.25, -0.2) is 24.1 Å². The Kier molecular flexibility index (Phi) is 7.05. The maximum atomic E-state index is 12.0. The largest absolute Gasteiger partial charge is 0.477 e. The van der Waals surface area contributed by atoms with Gasteiger partial charge in [0.25, 0.3) is 0 Å². The van der Waals surface area contributed by atoms with E-state index in [-0.39, 0.29) is 17.4 Å². The zero-order valence-electron chi connectivity index (χ0n) is 16.7. The van der Waals surface area contributed by atoms with E-state index in [0.717, 1.165) is 5.56 Å². The van der Waals surface area contributed by atoms with Gasteiger partial charge in [-0.1, -0.05) is 30.4 Å². The molecule has 2 aromatic heterocycles. The van der Waals surface area contributed by atoms with Crippen LogP contribution in [0.15, 0.2) is 35.2 Å². The van der Waals surface area contributed by atoms with E-state index in [1.54, 1.807) is 38.1 Å². The minimum atomic E-state index is -1.55. The van der Waals surface area contributed by atoms with Crippen molar-refractivity contribution in [1.29, 1.82) is 0 Å². The van der Waals surface area contributed by atoms with Gasteiger partial charge in [0.1, 0.15) is 16.8 Å². The van der Waals surface area contributed by atoms with E-state index in [2.05, 4.69) is 25.6 Å². The van der Waals surface area contributed by atoms with Crippen LogP contribution in [0.4, 0.5) is 16.9 Å². The first-order chi connectivity index (χ1) is 14.8. The lowest BCUT2D eigenvalue weighted by Gasteiger charge is -2.09. The molecule has 10 nitrogen and oxygen atoms in total. The summed E-state index contributed by atoms with van der Waals surface area (Å²) in [6, 6.07) is 8.15. The standard InChI is InChI=1S/C19H20N6O4S2/c1-3-14(26)16-10(2)22-19(30-16)25-18-23-13(17(27)28)8-15(24-18)21-9-11-4-6-12(7-5-11)31(20)29/h4-8H,3,9,20H2,1-2H3,(H,27,28)(H2,21,22,23,24,25). The number of anilines is 3. The Morgan fingerprint density at radius 1 is 1.19 bits per heavy atom. The highest BCUT2D eigenvalue weighted by Gasteiger charge is 2.16. The Morgan fingerprint density at radius 3 is 2.52 bits per heavy atom. The van der Waals surface area contributed by atoms with Crippen LogP contribution in [-0.2, 0) is 17.5 Å². The van der Waals surface area contributed by atoms with Crippen LogP contribution in [-0.4, -0.2) is 36.0 Å². The molecule has 0 saturated carbocycles. The maximum Gasteiger partial charge on any atom is 0.354 e. The Bertz CT molecular complexity index is 1150. The van der Waals surface area contributed by atoms with Gasteiger partial charge in [-0.05, 0) is 24.6 Å². The third-order valence-electron chi connectivity index (χ3n) is 4.16. The summed E-state index contributed by atoms with van der Waals surface area (Å²) in [5.41, 5.74) is 1.25. The topological polar surface area (TPSA) is 160 Å². The predicted molar refractivity (Wildman–Crippen MR) is 118 cm³/mol. The molecule has 162 valence electrons. The Labute approximate surface area is 184 Å². The molecule has 0 spiro atoms. The van der Waals surface area contributed by atoms with Crippen molar-refractivity contribution in [2.45, 2.75) is 31.7 Å². The molecule has 0 amide bonds. The van der Waals surface area contributed by atoms with E-state index in [4.69, 9.17) is 5.14 Å². The minimum absolute atomic E-state index is 0.0184. The van der Waals surface area contributed by atoms with E-state index in [9.17, 15) is 18.9 Å². The highest BCUT2D eigenvalue weighted by Crippen LogP contribution is 2.26. The zero-order valence-corrected chi connectivity index (χ0v) is 18.3. The normalized spacial score (nSPS) is 11.7. The molecule has 0 aliphatic heterocycles. The van der Waals surface area contributed by atoms with Crippen LogP contribution in [0.3, 0.4) is 0 Å². The van der Waals surface area contributed by atoms with Crippen molar-refractivity contribution < 1.29 is 18.9 Å². The maximum absolute atomic E-state index is 12.0. The number of thiazole rings is 1. The fraction of sp³-hybridized carbons (Fsp3) is 0.211. The van der Waals surface area contributed by atoms with Crippen LogP contribution in [0, 0.1) is 6.92 Å². The third kappa shape index (κ3) is 5.69. The van der Waals surface area contributed by atoms with Crippen LogP contribution >= 0.6 is 11.3 Å². The number of aryl methyl sites for hydroxylation is 1. The number of benzene rings is 1. The van der Waals surface area contributed by atoms with Crippen LogP contribution in [0.2, 0.25) is 0 Å². The summed E-state index contributed by atoms with van der Waals surface area (Å²) in [5, 5.41) is 21.0. The zero-order chi connectivity index (χ0) is 22.5. The van der Waals surface area contributed by atoms with Gasteiger partial charge >= 0.3 is 5.97 Å². The van der Waals surface area contributed by atoms with Crippen molar-refractivity contribution in [1.82, 2.24) is 15.0 Å². The Morgan fingerprint density at radius 2 is 1.90 bits per heavy atom. The number of carboxylic acids is 1. The number of hydrogen-bond donors (Lipinski definition) is 4. The molecule has 0 aliphatic rings. The Balaban J connectivity index is 1.80. The van der Waals surface area contributed by atoms with E-state index < -0.39 is 17.0 Å². The second kappa shape index (κ2) is 9.73. The first kappa shape index (κ1) is 22.5. The quantitative estimate of drug-likeness (QED) is 0.352. The summed E-state index contributed by atoms with van der Waals surface area (Å²) in [4.78, 5) is 37.1. The van der Waals surface area contributed by atoms with E-state index >= 15 is 0 Å². The van der Waals surface area contributed by atoms with Crippen LogP contribution in [0.25, 0.3) is 0 Å². The molecule has 3 rings (SSSR count). The van der Waals surface area contributed by atoms with Crippen molar-refractivity contribution in [3.8, 4) is 0 Å². The number of carboxylic acid groups (broad SMARTS) is 1. The molecule has 0 fully saturated rings. The average Bonchev–Trinajstić information content (AvgIpc) is 3.11. The first-order valence-corrected chi connectivity index (χ1v) is 11.2. The van der Waals surface area contributed by atoms with Crippen molar-refractivity contribution >= 4 is 51.0 Å². The molecular weight excluding hydrogens is 440 g/mol. The number of carbonyl (C=O) groups excluding carboxylic acids is 1. The smallest absolute Gasteiger partial charge is 0.354 e. The highest BCUT2D eigenvalue weighted by atomic mass is 32.2. The molecule has 0 saturated heterocycles. The summed E-state index contributed by atoms with van der Waals surface area (Å²) in [6.07, 6.45) is 0.365. The summed E-state index contributed by atoms with van der Waals surface area (Å²) < 4.78 is 11.3. The molecule has 3 aromatic rings. The second-order valence-corrected chi connectivity index (χ2v) is 8.46. The lowest BCUT2D eigenvalue weighted by atomic mass is 10.2. The number of aromatic carboxylic acids is 1. The van der Waals surface area contributed by atoms with Crippen molar-refractivity contribution in [2.24, 2.45) is 5.14 Å². The fourth-order valence-electron chi connectivity index (χ4n) is 2.60. The van der Waals surface area contributed by atoms with Gasteiger partial charge in [0, 0.05) is 19.0 Å². The van der Waals surface area contributed by atoms with Gasteiger partial charge in [-0.3, -0.25) is 10.1 Å². The Hall–Kier alpha value is -3.22. The lowest BCUT2D eigenvalue weighted by molar-refractivity contribution is 0.0690. The highest BCUT2D eigenvalue weighted by molar-refractivity contribution is 7.82. The lowest BCUT2D eigenvalue weighted by Crippen LogP contribution is -2.09. The van der Waals surface area contributed by atoms with E-state index in [1.165, 1.54) is 17.4 Å². The van der Waals surface area contributed by atoms with Gasteiger partial charge < -0.3 is 10.4 Å². The van der Waals surface area contributed by atoms with Gasteiger partial charge in [0.05, 0.1) is 15.5 Å². The van der Waals surface area contributed by atoms with Gasteiger partial charge in [-0.15, -0.1) is 0 Å². The molecule has 12 heteroatoms. The number of nitrogens with one attached hydrogen (secondary N) is 2. The number of Topliss-reactive ketones (excluding diaryl/α,β-unsaturated/α-hetero) is 1. The van der Waals surface area contributed by atoms with Crippen LogP contribution in [0.1, 0.15) is 44.8 Å². The number of rotatable bonds is 9. The summed E-state index contributed by atoms with van der Waals surface area (Å²) in [5.74, 6) is -0.893. The van der Waals surface area contributed by atoms with Crippen LogP contribution in [0.5, 0.6) is 0 Å². The number of aromatic nitrogens is 3. The fourth-order valence-corrected chi connectivity index (χ4v) is 3.98. The molecule has 2 heterocycles. The van der Waals surface area contributed by atoms with Gasteiger partial charge in [0.2, 0.25) is 5.95 Å². The van der Waals surface area contributed by atoms with E-state index in [1.807, 2.05) is 0 Å². The summed E-state index contributed by atoms with van der Waals surface area (Å²) in [7, 11) is -1.55. The van der Waals surface area contributed by atoms with Crippen molar-refractivity contribution in [3.63, 3.8) is 0 Å². The number of ketones is 1. The van der Waals surface area contributed by atoms with Crippen molar-refractivity contribution in [2.75, 3.05) is 10.6 Å². The van der Waals surface area contributed by atoms with Crippen molar-refractivity contribution in [3.05, 3.63) is 52.2 Å². The summed E-state index contributed by atoms with van der Waals surface area (Å²) in [6.45, 7) is 3.85. The predicted octanol–water partition coefficient (Wildman–Crippen LogP) is 2.87. The molecule has 0 radical (unpaired) electrons. The molecular formula is C19H20N6O4S2. The molecule has 1 unspecified atom stereocenters. The molecule has 31 heavy (non-hydrogen) atoms. The van der Waals surface area contributed by atoms with Gasteiger partial charge in [-0.2, -0.15) is 4.98 Å². The molecule has 1 aromatic carbocycles. The second-order valence-electron chi connectivity index (χ2n) is 6.40. The number of nitrogens with zero attached hydrogens (tertiary/aromatic N) is 3. The molecule has 0 bridgehead atoms. The third-order valence-corrected chi connectivity index (χ3v) is 6.01. The van der Waals surface area contributed by atoms with Gasteiger partial charge in [0.15, 0.2) is 16.6 Å². The molecule has 5 N–H and O–H groups in total. The van der Waals surface area contributed by atoms with E-state index in [0.29, 0.717) is 39.4 Å². The molecule has 0 aliphatic carbocycles. The SMILES string of the molecule is CCC(=O)c1sc(Nc2nc(NCc3ccc(S(N)=O)cc3)cc(C(=O)O)n2)nc1C. The first-order valence-electron chi connectivity index (χ1n) is 9.15. The number of carbonyl (C=O) groups is 2.